The standard InChI is InChI=1S/C19H16N6/c20-11-14-5-7-17(8-6-14)22-18-12-21-24-19(23-18)25-10-9-15-3-1-2-4-16(15)13-25/h1-8,12H,9-10,13H2,(H,22,23,24). The third kappa shape index (κ3) is 3.26. The molecule has 0 unspecified atom stereocenters. The van der Waals surface area contributed by atoms with Crippen LogP contribution in [0.4, 0.5) is 17.5 Å². The van der Waals surface area contributed by atoms with E-state index in [1.165, 1.54) is 11.1 Å². The zero-order valence-electron chi connectivity index (χ0n) is 13.6. The van der Waals surface area contributed by atoms with Crippen LogP contribution in [0.2, 0.25) is 0 Å². The van der Waals surface area contributed by atoms with Crippen molar-refractivity contribution in [2.75, 3.05) is 16.8 Å². The van der Waals surface area contributed by atoms with Crippen LogP contribution in [0.1, 0.15) is 16.7 Å². The van der Waals surface area contributed by atoms with Crippen molar-refractivity contribution in [2.24, 2.45) is 0 Å². The van der Waals surface area contributed by atoms with Gasteiger partial charge in [0.25, 0.3) is 0 Å². The predicted molar refractivity (Wildman–Crippen MR) is 95.5 cm³/mol. The van der Waals surface area contributed by atoms with Crippen molar-refractivity contribution >= 4 is 17.5 Å². The lowest BCUT2D eigenvalue weighted by Gasteiger charge is -2.28. The van der Waals surface area contributed by atoms with Crippen molar-refractivity contribution in [3.05, 3.63) is 71.4 Å². The van der Waals surface area contributed by atoms with Crippen LogP contribution in [0, 0.1) is 11.3 Å². The molecule has 2 heterocycles. The van der Waals surface area contributed by atoms with Crippen molar-refractivity contribution in [3.63, 3.8) is 0 Å². The molecule has 2 aromatic carbocycles. The summed E-state index contributed by atoms with van der Waals surface area (Å²) in [6, 6.07) is 17.8. The van der Waals surface area contributed by atoms with Crippen LogP contribution in [0.3, 0.4) is 0 Å². The molecule has 0 aliphatic carbocycles. The van der Waals surface area contributed by atoms with E-state index in [0.717, 1.165) is 25.2 Å². The van der Waals surface area contributed by atoms with E-state index in [0.29, 0.717) is 17.3 Å². The second kappa shape index (κ2) is 6.57. The van der Waals surface area contributed by atoms with E-state index in [2.05, 4.69) is 55.7 Å². The summed E-state index contributed by atoms with van der Waals surface area (Å²) < 4.78 is 0. The van der Waals surface area contributed by atoms with Gasteiger partial charge in [-0.3, -0.25) is 0 Å². The van der Waals surface area contributed by atoms with Gasteiger partial charge in [-0.1, -0.05) is 24.3 Å². The number of hydrogen-bond acceptors (Lipinski definition) is 6. The van der Waals surface area contributed by atoms with Gasteiger partial charge in [0.1, 0.15) is 0 Å². The normalized spacial score (nSPS) is 13.0. The van der Waals surface area contributed by atoms with Gasteiger partial charge in [0, 0.05) is 18.8 Å². The van der Waals surface area contributed by atoms with E-state index >= 15 is 0 Å². The molecule has 3 aromatic rings. The SMILES string of the molecule is N#Cc1ccc(Nc2cnnc(N3CCc4ccccc4C3)n2)cc1. The van der Waals surface area contributed by atoms with Gasteiger partial charge in [-0.15, -0.1) is 5.10 Å². The summed E-state index contributed by atoms with van der Waals surface area (Å²) in [6.07, 6.45) is 2.58. The first-order valence-corrected chi connectivity index (χ1v) is 8.10. The Morgan fingerprint density at radius 1 is 1.04 bits per heavy atom. The minimum atomic E-state index is 0.619. The zero-order valence-corrected chi connectivity index (χ0v) is 13.6. The highest BCUT2D eigenvalue weighted by molar-refractivity contribution is 5.57. The minimum absolute atomic E-state index is 0.619. The summed E-state index contributed by atoms with van der Waals surface area (Å²) in [5.41, 5.74) is 4.18. The van der Waals surface area contributed by atoms with Crippen molar-refractivity contribution in [3.8, 4) is 6.07 Å². The molecule has 0 spiro atoms. The third-order valence-electron chi connectivity index (χ3n) is 4.25. The molecule has 1 aliphatic rings. The molecule has 6 nitrogen and oxygen atoms in total. The maximum atomic E-state index is 8.86. The Kier molecular flexibility index (Phi) is 3.97. The fourth-order valence-electron chi connectivity index (χ4n) is 2.93. The number of aromatic nitrogens is 3. The molecule has 0 atom stereocenters. The van der Waals surface area contributed by atoms with Gasteiger partial charge >= 0.3 is 0 Å². The fraction of sp³-hybridized carbons (Fsp3) is 0.158. The quantitative estimate of drug-likeness (QED) is 0.796. The molecule has 25 heavy (non-hydrogen) atoms. The number of benzene rings is 2. The number of hydrogen-bond donors (Lipinski definition) is 1. The Morgan fingerprint density at radius 2 is 1.84 bits per heavy atom. The molecule has 0 saturated carbocycles. The zero-order chi connectivity index (χ0) is 17.1. The number of fused-ring (bicyclic) bond motifs is 1. The van der Waals surface area contributed by atoms with Crippen molar-refractivity contribution in [2.45, 2.75) is 13.0 Å². The van der Waals surface area contributed by atoms with Crippen molar-refractivity contribution in [1.29, 1.82) is 5.26 Å². The Hall–Kier alpha value is -3.46. The van der Waals surface area contributed by atoms with Gasteiger partial charge in [-0.25, -0.2) is 0 Å². The summed E-state index contributed by atoms with van der Waals surface area (Å²) in [6.45, 7) is 1.66. The number of nitriles is 1. The number of nitrogens with one attached hydrogen (secondary N) is 1. The molecule has 1 aromatic heterocycles. The van der Waals surface area contributed by atoms with Crippen LogP contribution in [-0.2, 0) is 13.0 Å². The Balaban J connectivity index is 1.52. The van der Waals surface area contributed by atoms with Crippen LogP contribution < -0.4 is 10.2 Å². The van der Waals surface area contributed by atoms with E-state index in [-0.39, 0.29) is 0 Å². The lowest BCUT2D eigenvalue weighted by atomic mass is 10.0. The van der Waals surface area contributed by atoms with E-state index in [1.54, 1.807) is 18.3 Å². The Morgan fingerprint density at radius 3 is 2.64 bits per heavy atom. The summed E-state index contributed by atoms with van der Waals surface area (Å²) in [5, 5.41) is 20.3. The van der Waals surface area contributed by atoms with Gasteiger partial charge in [0.15, 0.2) is 5.82 Å². The van der Waals surface area contributed by atoms with Crippen LogP contribution in [0.5, 0.6) is 0 Å². The molecule has 0 amide bonds. The molecular weight excluding hydrogens is 312 g/mol. The first kappa shape index (κ1) is 15.1. The third-order valence-corrected chi connectivity index (χ3v) is 4.25. The van der Waals surface area contributed by atoms with Gasteiger partial charge < -0.3 is 10.2 Å². The lowest BCUT2D eigenvalue weighted by molar-refractivity contribution is 0.698. The van der Waals surface area contributed by atoms with Gasteiger partial charge in [0.2, 0.25) is 5.95 Å². The van der Waals surface area contributed by atoms with E-state index < -0.39 is 0 Å². The second-order valence-corrected chi connectivity index (χ2v) is 5.90. The highest BCUT2D eigenvalue weighted by Crippen LogP contribution is 2.23. The van der Waals surface area contributed by atoms with E-state index in [1.807, 2.05) is 12.1 Å². The van der Waals surface area contributed by atoms with Crippen LogP contribution >= 0.6 is 0 Å². The molecule has 1 N–H and O–H groups in total. The average Bonchev–Trinajstić information content (AvgIpc) is 2.68. The van der Waals surface area contributed by atoms with Gasteiger partial charge in [-0.2, -0.15) is 15.3 Å². The topological polar surface area (TPSA) is 77.7 Å². The molecule has 0 radical (unpaired) electrons. The minimum Gasteiger partial charge on any atom is -0.339 e. The maximum absolute atomic E-state index is 8.86. The highest BCUT2D eigenvalue weighted by Gasteiger charge is 2.18. The summed E-state index contributed by atoms with van der Waals surface area (Å²) in [4.78, 5) is 6.72. The number of nitrogens with zero attached hydrogens (tertiary/aromatic N) is 5. The molecule has 0 fully saturated rings. The van der Waals surface area contributed by atoms with E-state index in [4.69, 9.17) is 5.26 Å². The number of anilines is 3. The summed E-state index contributed by atoms with van der Waals surface area (Å²) in [7, 11) is 0. The molecule has 122 valence electrons. The lowest BCUT2D eigenvalue weighted by Crippen LogP contribution is -2.32. The summed E-state index contributed by atoms with van der Waals surface area (Å²) in [5.74, 6) is 1.25. The maximum Gasteiger partial charge on any atom is 0.247 e. The number of rotatable bonds is 3. The monoisotopic (exact) mass is 328 g/mol. The predicted octanol–water partition coefficient (Wildman–Crippen LogP) is 3.05. The van der Waals surface area contributed by atoms with Crippen molar-refractivity contribution < 1.29 is 0 Å². The van der Waals surface area contributed by atoms with Gasteiger partial charge in [-0.05, 0) is 41.8 Å². The first-order valence-electron chi connectivity index (χ1n) is 8.10. The molecule has 0 bridgehead atoms. The van der Waals surface area contributed by atoms with E-state index in [9.17, 15) is 0 Å². The fourth-order valence-corrected chi connectivity index (χ4v) is 2.93. The van der Waals surface area contributed by atoms with Crippen LogP contribution in [0.15, 0.2) is 54.7 Å². The summed E-state index contributed by atoms with van der Waals surface area (Å²) >= 11 is 0. The average molecular weight is 328 g/mol. The highest BCUT2D eigenvalue weighted by atomic mass is 15.3. The van der Waals surface area contributed by atoms with Gasteiger partial charge in [0.05, 0.1) is 17.8 Å². The molecule has 6 heteroatoms. The first-order chi connectivity index (χ1) is 12.3. The molecule has 0 saturated heterocycles. The molecule has 4 rings (SSSR count). The smallest absolute Gasteiger partial charge is 0.247 e. The molecule has 1 aliphatic heterocycles. The Labute approximate surface area is 145 Å². The van der Waals surface area contributed by atoms with Crippen LogP contribution in [0.25, 0.3) is 0 Å². The molecular formula is C19H16N6. The van der Waals surface area contributed by atoms with Crippen LogP contribution in [-0.4, -0.2) is 21.7 Å². The largest absolute Gasteiger partial charge is 0.339 e. The van der Waals surface area contributed by atoms with Crippen molar-refractivity contribution in [1.82, 2.24) is 15.2 Å². The Bertz CT molecular complexity index is 929. The second-order valence-electron chi connectivity index (χ2n) is 5.90.